The Balaban J connectivity index is 1.96. The molecule has 3 amide bonds. The van der Waals surface area contributed by atoms with E-state index in [1.807, 2.05) is 57.2 Å². The number of carbonyl (C=O) groups is 3. The van der Waals surface area contributed by atoms with Gasteiger partial charge in [0.1, 0.15) is 0 Å². The summed E-state index contributed by atoms with van der Waals surface area (Å²) in [5.74, 6) is -1.35. The molecule has 12 heteroatoms. The van der Waals surface area contributed by atoms with Crippen molar-refractivity contribution in [2.75, 3.05) is 40.3 Å². The molecule has 0 aromatic heterocycles. The maximum atomic E-state index is 13.9. The minimum atomic E-state index is -4.00. The number of nitrogens with zero attached hydrogens (tertiary/aromatic N) is 3. The van der Waals surface area contributed by atoms with Crippen molar-refractivity contribution in [1.82, 2.24) is 25.0 Å². The standard InChI is InChI=1S/C35H47N5O6S/c1-6-19-39(20-7-2)35(44)29-22-28(23-30(24-29)47(45,46)38(4)5)33(42)36-31(21-26-15-11-9-12-16-26)32(41)25-40(8-3)37-34(43)27-17-13-10-14-18-27/h9-18,22-24,31-32,41H,6-8,19-21,25H2,1-5H3,(H,36,42)(H,37,43). The quantitative estimate of drug-likeness (QED) is 0.188. The lowest BCUT2D eigenvalue weighted by atomic mass is 10.00. The molecule has 3 aromatic carbocycles. The lowest BCUT2D eigenvalue weighted by Gasteiger charge is -2.30. The van der Waals surface area contributed by atoms with Crippen molar-refractivity contribution in [2.24, 2.45) is 0 Å². The number of hydrogen-bond acceptors (Lipinski definition) is 7. The second kappa shape index (κ2) is 17.7. The molecule has 3 N–H and O–H groups in total. The number of nitrogens with one attached hydrogen (secondary N) is 2. The van der Waals surface area contributed by atoms with Crippen LogP contribution in [0.2, 0.25) is 0 Å². The molecule has 2 unspecified atom stereocenters. The number of rotatable bonds is 17. The third-order valence-electron chi connectivity index (χ3n) is 7.63. The maximum Gasteiger partial charge on any atom is 0.265 e. The summed E-state index contributed by atoms with van der Waals surface area (Å²) < 4.78 is 27.4. The molecule has 0 fully saturated rings. The molecule has 2 atom stereocenters. The minimum absolute atomic E-state index is 0.00532. The van der Waals surface area contributed by atoms with E-state index >= 15 is 0 Å². The second-order valence-electron chi connectivity index (χ2n) is 11.5. The largest absolute Gasteiger partial charge is 0.390 e. The van der Waals surface area contributed by atoms with Gasteiger partial charge in [0, 0.05) is 57.0 Å². The van der Waals surface area contributed by atoms with E-state index in [9.17, 15) is 27.9 Å². The fourth-order valence-electron chi connectivity index (χ4n) is 5.06. The molecule has 0 spiro atoms. The Bertz CT molecular complexity index is 1580. The third kappa shape index (κ3) is 10.4. The number of aliphatic hydroxyl groups excluding tert-OH is 1. The van der Waals surface area contributed by atoms with E-state index in [-0.39, 0.29) is 40.8 Å². The fraction of sp³-hybridized carbons (Fsp3) is 0.400. The Morgan fingerprint density at radius 1 is 0.787 bits per heavy atom. The van der Waals surface area contributed by atoms with Gasteiger partial charge in [-0.25, -0.2) is 17.7 Å². The molecule has 0 aliphatic heterocycles. The van der Waals surface area contributed by atoms with Crippen molar-refractivity contribution in [2.45, 2.75) is 57.1 Å². The average Bonchev–Trinajstić information content (AvgIpc) is 3.07. The molecular formula is C35H47N5O6S. The van der Waals surface area contributed by atoms with Crippen LogP contribution in [0.3, 0.4) is 0 Å². The number of likely N-dealkylation sites (N-methyl/N-ethyl adjacent to an activating group) is 1. The van der Waals surface area contributed by atoms with Crippen molar-refractivity contribution in [3.05, 3.63) is 101 Å². The van der Waals surface area contributed by atoms with Gasteiger partial charge in [-0.15, -0.1) is 0 Å². The van der Waals surface area contributed by atoms with E-state index in [1.165, 1.54) is 32.3 Å². The van der Waals surface area contributed by atoms with Crippen molar-refractivity contribution in [3.8, 4) is 0 Å². The van der Waals surface area contributed by atoms with Crippen LogP contribution in [0.1, 0.15) is 70.3 Å². The summed E-state index contributed by atoms with van der Waals surface area (Å²) in [7, 11) is -1.24. The highest BCUT2D eigenvalue weighted by atomic mass is 32.2. The number of aliphatic hydroxyl groups is 1. The summed E-state index contributed by atoms with van der Waals surface area (Å²) in [5.41, 5.74) is 4.18. The third-order valence-corrected chi connectivity index (χ3v) is 9.43. The van der Waals surface area contributed by atoms with E-state index in [4.69, 9.17) is 0 Å². The van der Waals surface area contributed by atoms with Gasteiger partial charge in [0.2, 0.25) is 10.0 Å². The van der Waals surface area contributed by atoms with Crippen LogP contribution in [0.25, 0.3) is 0 Å². The number of amides is 3. The van der Waals surface area contributed by atoms with Gasteiger partial charge in [-0.3, -0.25) is 19.8 Å². The molecule has 0 saturated heterocycles. The molecule has 0 saturated carbocycles. The summed E-state index contributed by atoms with van der Waals surface area (Å²) in [6, 6.07) is 21.1. The first-order chi connectivity index (χ1) is 22.4. The first-order valence-corrected chi connectivity index (χ1v) is 17.4. The highest BCUT2D eigenvalue weighted by Crippen LogP contribution is 2.21. The van der Waals surface area contributed by atoms with E-state index in [0.29, 0.717) is 38.0 Å². The van der Waals surface area contributed by atoms with Crippen LogP contribution in [0.5, 0.6) is 0 Å². The predicted octanol–water partition coefficient (Wildman–Crippen LogP) is 3.57. The van der Waals surface area contributed by atoms with Crippen molar-refractivity contribution in [3.63, 3.8) is 0 Å². The topological polar surface area (TPSA) is 139 Å². The molecule has 0 aliphatic rings. The van der Waals surface area contributed by atoms with Crippen LogP contribution in [0, 0.1) is 0 Å². The van der Waals surface area contributed by atoms with Gasteiger partial charge in [0.05, 0.1) is 17.0 Å². The fourth-order valence-corrected chi connectivity index (χ4v) is 6.03. The SMILES string of the molecule is CCCN(CCC)C(=O)c1cc(C(=O)NC(Cc2ccccc2)C(O)CN(CC)NC(=O)c2ccccc2)cc(S(=O)(=O)N(C)C)c1. The number of carbonyl (C=O) groups excluding carboxylic acids is 3. The lowest BCUT2D eigenvalue weighted by molar-refractivity contribution is 0.0471. The maximum absolute atomic E-state index is 13.9. The first-order valence-electron chi connectivity index (χ1n) is 15.9. The predicted molar refractivity (Wildman–Crippen MR) is 182 cm³/mol. The minimum Gasteiger partial charge on any atom is -0.390 e. The Labute approximate surface area is 278 Å². The van der Waals surface area contributed by atoms with Crippen LogP contribution >= 0.6 is 0 Å². The van der Waals surface area contributed by atoms with Gasteiger partial charge in [-0.2, -0.15) is 0 Å². The molecule has 0 bridgehead atoms. The number of sulfonamides is 1. The Morgan fingerprint density at radius 2 is 1.36 bits per heavy atom. The zero-order chi connectivity index (χ0) is 34.6. The Kier molecular flexibility index (Phi) is 14.1. The summed E-state index contributed by atoms with van der Waals surface area (Å²) in [6.45, 7) is 7.08. The van der Waals surface area contributed by atoms with Crippen molar-refractivity contribution >= 4 is 27.7 Å². The second-order valence-corrected chi connectivity index (χ2v) is 13.7. The summed E-state index contributed by atoms with van der Waals surface area (Å²) in [4.78, 5) is 41.7. The van der Waals surface area contributed by atoms with E-state index in [1.54, 1.807) is 34.2 Å². The zero-order valence-electron chi connectivity index (χ0n) is 27.8. The van der Waals surface area contributed by atoms with Crippen molar-refractivity contribution < 1.29 is 27.9 Å². The molecule has 11 nitrogen and oxygen atoms in total. The van der Waals surface area contributed by atoms with Crippen LogP contribution in [0.4, 0.5) is 0 Å². The van der Waals surface area contributed by atoms with Crippen LogP contribution in [0.15, 0.2) is 83.8 Å². The molecule has 47 heavy (non-hydrogen) atoms. The van der Waals surface area contributed by atoms with E-state index in [0.717, 1.165) is 9.87 Å². The average molecular weight is 666 g/mol. The van der Waals surface area contributed by atoms with Gasteiger partial charge in [0.15, 0.2) is 0 Å². The van der Waals surface area contributed by atoms with Gasteiger partial charge in [-0.05, 0) is 55.2 Å². The molecular weight excluding hydrogens is 618 g/mol. The molecule has 254 valence electrons. The monoisotopic (exact) mass is 665 g/mol. The van der Waals surface area contributed by atoms with Gasteiger partial charge < -0.3 is 15.3 Å². The van der Waals surface area contributed by atoms with Crippen molar-refractivity contribution in [1.29, 1.82) is 0 Å². The molecule has 3 rings (SSSR count). The van der Waals surface area contributed by atoms with E-state index in [2.05, 4.69) is 10.7 Å². The number of hydrazine groups is 1. The smallest absolute Gasteiger partial charge is 0.265 e. The van der Waals surface area contributed by atoms with Crippen LogP contribution < -0.4 is 10.7 Å². The summed E-state index contributed by atoms with van der Waals surface area (Å²) in [6.07, 6.45) is 0.540. The first kappa shape index (κ1) is 37.4. The van der Waals surface area contributed by atoms with Gasteiger partial charge in [-0.1, -0.05) is 69.3 Å². The molecule has 0 aliphatic carbocycles. The van der Waals surface area contributed by atoms with Crippen LogP contribution in [-0.4, -0.2) is 97.9 Å². The van der Waals surface area contributed by atoms with Gasteiger partial charge in [0.25, 0.3) is 17.7 Å². The zero-order valence-corrected chi connectivity index (χ0v) is 28.7. The molecule has 0 heterocycles. The number of benzene rings is 3. The number of hydrogen-bond donors (Lipinski definition) is 3. The Hall–Kier alpha value is -4.10. The van der Waals surface area contributed by atoms with E-state index < -0.39 is 28.1 Å². The summed E-state index contributed by atoms with van der Waals surface area (Å²) >= 11 is 0. The van der Waals surface area contributed by atoms with Gasteiger partial charge >= 0.3 is 0 Å². The Morgan fingerprint density at radius 3 is 1.91 bits per heavy atom. The highest BCUT2D eigenvalue weighted by molar-refractivity contribution is 7.89. The van der Waals surface area contributed by atoms with Crippen LogP contribution in [-0.2, 0) is 16.4 Å². The normalized spacial score (nSPS) is 12.9. The summed E-state index contributed by atoms with van der Waals surface area (Å²) in [5, 5.41) is 15.9. The highest BCUT2D eigenvalue weighted by Gasteiger charge is 2.28. The molecule has 3 aromatic rings. The lowest BCUT2D eigenvalue weighted by Crippen LogP contribution is -2.53. The molecule has 0 radical (unpaired) electrons.